The molecule has 2 rings (SSSR count). The molecule has 0 unspecified atom stereocenters. The van der Waals surface area contributed by atoms with E-state index >= 15 is 0 Å². The quantitative estimate of drug-likeness (QED) is 0.600. The van der Waals surface area contributed by atoms with Crippen molar-refractivity contribution in [3.8, 4) is 0 Å². The molecule has 0 aromatic heterocycles. The van der Waals surface area contributed by atoms with Gasteiger partial charge >= 0.3 is 0 Å². The molecule has 0 spiro atoms. The molecule has 0 heterocycles. The summed E-state index contributed by atoms with van der Waals surface area (Å²) in [6.45, 7) is 2.12. The largest absolute Gasteiger partial charge is 0.274 e. The highest BCUT2D eigenvalue weighted by atomic mass is 79.9. The summed E-state index contributed by atoms with van der Waals surface area (Å²) in [5, 5.41) is 10.8. The minimum absolute atomic E-state index is 0.244. The van der Waals surface area contributed by atoms with Crippen molar-refractivity contribution < 1.29 is 4.92 Å². The van der Waals surface area contributed by atoms with Crippen LogP contribution in [0.4, 0.5) is 5.69 Å². The molecule has 1 aliphatic carbocycles. The highest BCUT2D eigenvalue weighted by molar-refractivity contribution is 9.10. The summed E-state index contributed by atoms with van der Waals surface area (Å²) in [5.41, 5.74) is 1.12. The Morgan fingerprint density at radius 3 is 2.71 bits per heavy atom. The van der Waals surface area contributed by atoms with Crippen LogP contribution < -0.4 is 0 Å². The van der Waals surface area contributed by atoms with Crippen LogP contribution in [0.25, 0.3) is 0 Å². The topological polar surface area (TPSA) is 43.1 Å². The van der Waals surface area contributed by atoms with Crippen molar-refractivity contribution >= 4 is 21.6 Å². The van der Waals surface area contributed by atoms with Gasteiger partial charge in [0.05, 0.1) is 4.92 Å². The molecule has 1 aliphatic rings. The first-order chi connectivity index (χ1) is 6.59. The third-order valence-electron chi connectivity index (χ3n) is 2.70. The van der Waals surface area contributed by atoms with E-state index < -0.39 is 0 Å². The number of nitrogens with zero attached hydrogens (tertiary/aromatic N) is 1. The lowest BCUT2D eigenvalue weighted by atomic mass is 10.1. The predicted molar refractivity (Wildman–Crippen MR) is 57.3 cm³/mol. The average molecular weight is 256 g/mol. The Hall–Kier alpha value is -0.900. The fourth-order valence-electron chi connectivity index (χ4n) is 1.74. The van der Waals surface area contributed by atoms with Gasteiger partial charge in [-0.2, -0.15) is 0 Å². The smallest absolute Gasteiger partial charge is 0.258 e. The Bertz CT molecular complexity index is 392. The maximum absolute atomic E-state index is 10.8. The van der Waals surface area contributed by atoms with Gasteiger partial charge in [0, 0.05) is 16.1 Å². The Labute approximate surface area is 90.4 Å². The highest BCUT2D eigenvalue weighted by Crippen LogP contribution is 2.50. The molecule has 0 amide bonds. The van der Waals surface area contributed by atoms with E-state index in [1.165, 1.54) is 0 Å². The van der Waals surface area contributed by atoms with Crippen molar-refractivity contribution in [3.63, 3.8) is 0 Å². The van der Waals surface area contributed by atoms with Crippen LogP contribution in [0.1, 0.15) is 24.8 Å². The molecule has 0 aliphatic heterocycles. The molecule has 0 saturated heterocycles. The van der Waals surface area contributed by atoms with Crippen LogP contribution in [0.2, 0.25) is 0 Å². The molecular weight excluding hydrogens is 246 g/mol. The summed E-state index contributed by atoms with van der Waals surface area (Å²) in [6.07, 6.45) is 1.07. The summed E-state index contributed by atoms with van der Waals surface area (Å²) in [4.78, 5) is 10.5. The van der Waals surface area contributed by atoms with Gasteiger partial charge in [-0.1, -0.05) is 28.9 Å². The van der Waals surface area contributed by atoms with Crippen LogP contribution in [0.15, 0.2) is 22.7 Å². The van der Waals surface area contributed by atoms with E-state index in [9.17, 15) is 10.1 Å². The van der Waals surface area contributed by atoms with E-state index in [0.29, 0.717) is 11.8 Å². The van der Waals surface area contributed by atoms with Crippen molar-refractivity contribution in [2.75, 3.05) is 0 Å². The monoisotopic (exact) mass is 255 g/mol. The molecule has 1 aromatic rings. The van der Waals surface area contributed by atoms with Crippen LogP contribution in [0.5, 0.6) is 0 Å². The number of benzene rings is 1. The minimum atomic E-state index is -0.300. The highest BCUT2D eigenvalue weighted by Gasteiger charge is 2.38. The summed E-state index contributed by atoms with van der Waals surface area (Å²) >= 11 is 3.24. The molecule has 74 valence electrons. The zero-order valence-electron chi connectivity index (χ0n) is 7.74. The van der Waals surface area contributed by atoms with Crippen LogP contribution in [-0.2, 0) is 0 Å². The number of hydrogen-bond acceptors (Lipinski definition) is 2. The number of rotatable bonds is 2. The number of nitro groups is 1. The number of halogens is 1. The normalized spacial score (nSPS) is 24.7. The Kier molecular flexibility index (Phi) is 2.31. The first kappa shape index (κ1) is 9.65. The van der Waals surface area contributed by atoms with Crippen molar-refractivity contribution in [2.24, 2.45) is 5.92 Å². The van der Waals surface area contributed by atoms with Gasteiger partial charge in [0.25, 0.3) is 5.69 Å². The predicted octanol–water partition coefficient (Wildman–Crippen LogP) is 3.48. The summed E-state index contributed by atoms with van der Waals surface area (Å²) in [6, 6.07) is 5.31. The second kappa shape index (κ2) is 3.35. The van der Waals surface area contributed by atoms with Crippen molar-refractivity contribution in [2.45, 2.75) is 19.3 Å². The molecule has 0 bridgehead atoms. The van der Waals surface area contributed by atoms with Crippen LogP contribution in [0, 0.1) is 16.0 Å². The van der Waals surface area contributed by atoms with E-state index in [4.69, 9.17) is 0 Å². The Morgan fingerprint density at radius 2 is 2.21 bits per heavy atom. The van der Waals surface area contributed by atoms with Gasteiger partial charge in [0.15, 0.2) is 0 Å². The fraction of sp³-hybridized carbons (Fsp3) is 0.400. The van der Waals surface area contributed by atoms with Gasteiger partial charge in [-0.25, -0.2) is 0 Å². The Morgan fingerprint density at radius 1 is 1.57 bits per heavy atom. The molecule has 4 heteroatoms. The molecular formula is C10H10BrNO2. The van der Waals surface area contributed by atoms with E-state index in [0.717, 1.165) is 16.5 Å². The third kappa shape index (κ3) is 1.66. The van der Waals surface area contributed by atoms with Gasteiger partial charge in [-0.15, -0.1) is 0 Å². The van der Waals surface area contributed by atoms with Crippen LogP contribution in [-0.4, -0.2) is 4.92 Å². The molecule has 14 heavy (non-hydrogen) atoms. The minimum Gasteiger partial charge on any atom is -0.258 e. The lowest BCUT2D eigenvalue weighted by Gasteiger charge is -2.01. The average Bonchev–Trinajstić information content (AvgIpc) is 2.82. The van der Waals surface area contributed by atoms with Gasteiger partial charge in [0.1, 0.15) is 0 Å². The SMILES string of the molecule is C[C@H]1C[C@@H]1c1ccc(Br)cc1[N+](=O)[O-]. The van der Waals surface area contributed by atoms with Gasteiger partial charge in [-0.3, -0.25) is 10.1 Å². The van der Waals surface area contributed by atoms with E-state index in [1.807, 2.05) is 12.1 Å². The van der Waals surface area contributed by atoms with Gasteiger partial charge in [-0.05, 0) is 24.3 Å². The second-order valence-corrected chi connectivity index (χ2v) is 4.70. The first-order valence-corrected chi connectivity index (χ1v) is 5.32. The molecule has 1 aromatic carbocycles. The maximum atomic E-state index is 10.8. The summed E-state index contributed by atoms with van der Waals surface area (Å²) < 4.78 is 0.765. The molecule has 0 radical (unpaired) electrons. The lowest BCUT2D eigenvalue weighted by molar-refractivity contribution is -0.385. The zero-order chi connectivity index (χ0) is 10.3. The zero-order valence-corrected chi connectivity index (χ0v) is 9.32. The molecule has 0 N–H and O–H groups in total. The van der Waals surface area contributed by atoms with Gasteiger partial charge < -0.3 is 0 Å². The molecule has 3 nitrogen and oxygen atoms in total. The van der Waals surface area contributed by atoms with Crippen LogP contribution in [0.3, 0.4) is 0 Å². The lowest BCUT2D eigenvalue weighted by Crippen LogP contribution is -1.94. The second-order valence-electron chi connectivity index (χ2n) is 3.78. The van der Waals surface area contributed by atoms with Crippen molar-refractivity contribution in [3.05, 3.63) is 38.3 Å². The van der Waals surface area contributed by atoms with E-state index in [2.05, 4.69) is 22.9 Å². The maximum Gasteiger partial charge on any atom is 0.274 e. The van der Waals surface area contributed by atoms with Gasteiger partial charge in [0.2, 0.25) is 0 Å². The van der Waals surface area contributed by atoms with Crippen molar-refractivity contribution in [1.29, 1.82) is 0 Å². The summed E-state index contributed by atoms with van der Waals surface area (Å²) in [7, 11) is 0. The number of hydrogen-bond donors (Lipinski definition) is 0. The number of nitro benzene ring substituents is 1. The first-order valence-electron chi connectivity index (χ1n) is 4.53. The molecule has 1 saturated carbocycles. The molecule has 1 fully saturated rings. The van der Waals surface area contributed by atoms with E-state index in [-0.39, 0.29) is 10.6 Å². The Balaban J connectivity index is 2.43. The van der Waals surface area contributed by atoms with Crippen LogP contribution >= 0.6 is 15.9 Å². The van der Waals surface area contributed by atoms with E-state index in [1.54, 1.807) is 6.07 Å². The standard InChI is InChI=1S/C10H10BrNO2/c1-6-4-9(6)8-3-2-7(11)5-10(8)12(13)14/h2-3,5-6,9H,4H2,1H3/t6-,9-/m0/s1. The summed E-state index contributed by atoms with van der Waals surface area (Å²) in [5.74, 6) is 0.985. The van der Waals surface area contributed by atoms with Crippen molar-refractivity contribution in [1.82, 2.24) is 0 Å². The molecule has 2 atom stereocenters. The third-order valence-corrected chi connectivity index (χ3v) is 3.19. The fourth-order valence-corrected chi connectivity index (χ4v) is 2.09.